The van der Waals surface area contributed by atoms with Gasteiger partial charge in [0.15, 0.2) is 5.82 Å². The highest BCUT2D eigenvalue weighted by atomic mass is 32.1. The first kappa shape index (κ1) is 12.7. The number of aromatic nitrogens is 3. The summed E-state index contributed by atoms with van der Waals surface area (Å²) in [6.45, 7) is 1.38. The molecule has 0 saturated carbocycles. The highest BCUT2D eigenvalue weighted by Gasteiger charge is 2.09. The average molecular weight is 267 g/mol. The molecule has 2 rings (SSSR count). The summed E-state index contributed by atoms with van der Waals surface area (Å²) in [5.41, 5.74) is 0. The van der Waals surface area contributed by atoms with Gasteiger partial charge in [-0.25, -0.2) is 4.98 Å². The van der Waals surface area contributed by atoms with E-state index in [0.717, 1.165) is 23.7 Å². The van der Waals surface area contributed by atoms with Gasteiger partial charge in [0.1, 0.15) is 6.33 Å². The van der Waals surface area contributed by atoms with Crippen molar-refractivity contribution >= 4 is 16.3 Å². The molecule has 0 aliphatic carbocycles. The van der Waals surface area contributed by atoms with Gasteiger partial charge in [-0.1, -0.05) is 11.3 Å². The van der Waals surface area contributed by atoms with Crippen molar-refractivity contribution in [3.63, 3.8) is 0 Å². The van der Waals surface area contributed by atoms with E-state index in [0.29, 0.717) is 6.54 Å². The van der Waals surface area contributed by atoms with Gasteiger partial charge >= 0.3 is 5.00 Å². The molecule has 0 unspecified atom stereocenters. The molecule has 2 aromatic rings. The number of nitrogens with zero attached hydrogens (tertiary/aromatic N) is 4. The van der Waals surface area contributed by atoms with Crippen molar-refractivity contribution in [2.75, 3.05) is 6.54 Å². The molecule has 0 saturated heterocycles. The minimum absolute atomic E-state index is 0.179. The predicted molar refractivity (Wildman–Crippen MR) is 67.4 cm³/mol. The van der Waals surface area contributed by atoms with Crippen LogP contribution in [0.1, 0.15) is 10.7 Å². The Morgan fingerprint density at radius 2 is 2.39 bits per heavy atom. The molecule has 7 nitrogen and oxygen atoms in total. The molecule has 0 bridgehead atoms. The smallest absolute Gasteiger partial charge is 0.311 e. The van der Waals surface area contributed by atoms with E-state index in [1.165, 1.54) is 17.4 Å². The second-order valence-electron chi connectivity index (χ2n) is 3.76. The third kappa shape index (κ3) is 3.34. The van der Waals surface area contributed by atoms with Crippen molar-refractivity contribution in [2.45, 2.75) is 13.0 Å². The molecule has 96 valence electrons. The molecular formula is C10H13N5O2S. The molecule has 2 aromatic heterocycles. The van der Waals surface area contributed by atoms with Crippen LogP contribution in [0, 0.1) is 10.1 Å². The molecule has 8 heteroatoms. The Bertz CT molecular complexity index is 536. The summed E-state index contributed by atoms with van der Waals surface area (Å²) in [7, 11) is 1.83. The fourth-order valence-electron chi connectivity index (χ4n) is 1.47. The van der Waals surface area contributed by atoms with Crippen LogP contribution in [0.3, 0.4) is 0 Å². The topological polar surface area (TPSA) is 85.9 Å². The molecule has 1 N–H and O–H groups in total. The van der Waals surface area contributed by atoms with Crippen molar-refractivity contribution in [3.8, 4) is 0 Å². The zero-order chi connectivity index (χ0) is 13.0. The monoisotopic (exact) mass is 267 g/mol. The maximum absolute atomic E-state index is 10.5. The Labute approximate surface area is 108 Å². The molecular weight excluding hydrogens is 254 g/mol. The first-order chi connectivity index (χ1) is 8.65. The van der Waals surface area contributed by atoms with Crippen molar-refractivity contribution in [1.82, 2.24) is 20.1 Å². The standard InChI is InChI=1S/C10H13N5O2S/c1-14-7-12-9(13-14)4-5-11-6-8-2-3-10(18-8)15(16)17/h2-3,7,11H,4-6H2,1H3. The van der Waals surface area contributed by atoms with E-state index in [2.05, 4.69) is 15.4 Å². The fourth-order valence-corrected chi connectivity index (χ4v) is 2.26. The van der Waals surface area contributed by atoms with E-state index >= 15 is 0 Å². The van der Waals surface area contributed by atoms with Crippen LogP contribution in [0.25, 0.3) is 0 Å². The quantitative estimate of drug-likeness (QED) is 0.481. The van der Waals surface area contributed by atoms with Crippen LogP contribution in [-0.4, -0.2) is 26.2 Å². The first-order valence-electron chi connectivity index (χ1n) is 5.43. The van der Waals surface area contributed by atoms with Crippen molar-refractivity contribution in [3.05, 3.63) is 39.3 Å². The second-order valence-corrected chi connectivity index (χ2v) is 4.91. The molecule has 0 atom stereocenters. The maximum Gasteiger partial charge on any atom is 0.324 e. The number of rotatable bonds is 6. The maximum atomic E-state index is 10.5. The lowest BCUT2D eigenvalue weighted by Crippen LogP contribution is -2.16. The van der Waals surface area contributed by atoms with E-state index in [9.17, 15) is 10.1 Å². The molecule has 18 heavy (non-hydrogen) atoms. The summed E-state index contributed by atoms with van der Waals surface area (Å²) in [6, 6.07) is 3.30. The van der Waals surface area contributed by atoms with E-state index in [4.69, 9.17) is 0 Å². The summed E-state index contributed by atoms with van der Waals surface area (Å²) in [5, 5.41) is 18.1. The lowest BCUT2D eigenvalue weighted by molar-refractivity contribution is -0.380. The van der Waals surface area contributed by atoms with Gasteiger partial charge in [-0.05, 0) is 6.07 Å². The molecule has 0 fully saturated rings. The highest BCUT2D eigenvalue weighted by Crippen LogP contribution is 2.23. The molecule has 0 amide bonds. The van der Waals surface area contributed by atoms with Crippen LogP contribution < -0.4 is 5.32 Å². The number of nitrogens with one attached hydrogen (secondary N) is 1. The van der Waals surface area contributed by atoms with Gasteiger partial charge in [0, 0.05) is 37.5 Å². The van der Waals surface area contributed by atoms with Crippen LogP contribution >= 0.6 is 11.3 Å². The van der Waals surface area contributed by atoms with Crippen molar-refractivity contribution < 1.29 is 4.92 Å². The first-order valence-corrected chi connectivity index (χ1v) is 6.25. The normalized spacial score (nSPS) is 10.7. The summed E-state index contributed by atoms with van der Waals surface area (Å²) >= 11 is 1.19. The average Bonchev–Trinajstić information content (AvgIpc) is 2.93. The van der Waals surface area contributed by atoms with Gasteiger partial charge in [-0.15, -0.1) is 0 Å². The van der Waals surface area contributed by atoms with Crippen LogP contribution in [-0.2, 0) is 20.0 Å². The molecule has 0 aliphatic heterocycles. The van der Waals surface area contributed by atoms with Gasteiger partial charge < -0.3 is 5.32 Å². The van der Waals surface area contributed by atoms with Gasteiger partial charge in [0.2, 0.25) is 0 Å². The number of thiophene rings is 1. The number of nitro groups is 1. The van der Waals surface area contributed by atoms with Crippen LogP contribution in [0.4, 0.5) is 5.00 Å². The Hall–Kier alpha value is -1.80. The summed E-state index contributed by atoms with van der Waals surface area (Å²) in [4.78, 5) is 15.2. The number of hydrogen-bond acceptors (Lipinski definition) is 6. The van der Waals surface area contributed by atoms with E-state index in [-0.39, 0.29) is 9.92 Å². The summed E-state index contributed by atoms with van der Waals surface area (Å²) < 4.78 is 1.66. The minimum Gasteiger partial charge on any atom is -0.311 e. The molecule has 0 spiro atoms. The number of hydrogen-bond donors (Lipinski definition) is 1. The van der Waals surface area contributed by atoms with Crippen LogP contribution in [0.5, 0.6) is 0 Å². The Balaban J connectivity index is 1.73. The zero-order valence-corrected chi connectivity index (χ0v) is 10.7. The Morgan fingerprint density at radius 1 is 1.56 bits per heavy atom. The SMILES string of the molecule is Cn1cnc(CCNCc2ccc([N+](=O)[O-])s2)n1. The fraction of sp³-hybridized carbons (Fsp3) is 0.400. The van der Waals surface area contributed by atoms with E-state index in [1.807, 2.05) is 7.05 Å². The zero-order valence-electron chi connectivity index (χ0n) is 9.87. The van der Waals surface area contributed by atoms with Crippen LogP contribution in [0.2, 0.25) is 0 Å². The third-order valence-corrected chi connectivity index (χ3v) is 3.34. The second kappa shape index (κ2) is 5.69. The lowest BCUT2D eigenvalue weighted by atomic mass is 10.4. The van der Waals surface area contributed by atoms with Gasteiger partial charge in [0.25, 0.3) is 0 Å². The highest BCUT2D eigenvalue weighted by molar-refractivity contribution is 7.15. The third-order valence-electron chi connectivity index (χ3n) is 2.30. The largest absolute Gasteiger partial charge is 0.324 e. The Morgan fingerprint density at radius 3 is 3.00 bits per heavy atom. The minimum atomic E-state index is -0.369. The lowest BCUT2D eigenvalue weighted by Gasteiger charge is -1.99. The number of aryl methyl sites for hydroxylation is 1. The predicted octanol–water partition coefficient (Wildman–Crippen LogP) is 1.12. The summed E-state index contributed by atoms with van der Waals surface area (Å²) in [6.07, 6.45) is 2.41. The van der Waals surface area contributed by atoms with E-state index in [1.54, 1.807) is 17.1 Å². The Kier molecular flexibility index (Phi) is 4.00. The van der Waals surface area contributed by atoms with Gasteiger partial charge in [-0.2, -0.15) is 5.10 Å². The molecule has 0 radical (unpaired) electrons. The molecule has 0 aliphatic rings. The van der Waals surface area contributed by atoms with Gasteiger partial charge in [-0.3, -0.25) is 14.8 Å². The summed E-state index contributed by atoms with van der Waals surface area (Å²) in [5.74, 6) is 0.794. The van der Waals surface area contributed by atoms with Crippen molar-refractivity contribution in [1.29, 1.82) is 0 Å². The van der Waals surface area contributed by atoms with E-state index < -0.39 is 0 Å². The molecule has 0 aromatic carbocycles. The van der Waals surface area contributed by atoms with Crippen LogP contribution in [0.15, 0.2) is 18.5 Å². The van der Waals surface area contributed by atoms with Crippen molar-refractivity contribution in [2.24, 2.45) is 7.05 Å². The van der Waals surface area contributed by atoms with Gasteiger partial charge in [0.05, 0.1) is 4.92 Å². The molecule has 2 heterocycles.